The van der Waals surface area contributed by atoms with E-state index in [1.54, 1.807) is 12.1 Å². The SMILES string of the molecule is CCCC(N)c1nc(C(=O)NC(C)c2ccc(F)cc2)co1. The van der Waals surface area contributed by atoms with E-state index in [4.69, 9.17) is 10.2 Å². The molecule has 2 unspecified atom stereocenters. The van der Waals surface area contributed by atoms with E-state index in [2.05, 4.69) is 10.3 Å². The van der Waals surface area contributed by atoms with Crippen molar-refractivity contribution in [2.45, 2.75) is 38.8 Å². The normalized spacial score (nSPS) is 13.6. The van der Waals surface area contributed by atoms with E-state index in [1.807, 2.05) is 13.8 Å². The standard InChI is InChI=1S/C16H20FN3O2/c1-3-4-13(18)16-20-14(9-22-16)15(21)19-10(2)11-5-7-12(17)8-6-11/h5-10,13H,3-4,18H2,1-2H3,(H,19,21). The van der Waals surface area contributed by atoms with Gasteiger partial charge in [-0.15, -0.1) is 0 Å². The van der Waals surface area contributed by atoms with Crippen LogP contribution in [0.5, 0.6) is 0 Å². The molecule has 0 spiro atoms. The van der Waals surface area contributed by atoms with Gasteiger partial charge in [-0.05, 0) is 31.0 Å². The summed E-state index contributed by atoms with van der Waals surface area (Å²) in [7, 11) is 0. The van der Waals surface area contributed by atoms with Crippen LogP contribution in [-0.2, 0) is 0 Å². The largest absolute Gasteiger partial charge is 0.446 e. The Morgan fingerprint density at radius 2 is 2.09 bits per heavy atom. The number of oxazole rings is 1. The highest BCUT2D eigenvalue weighted by Crippen LogP contribution is 2.17. The third-order valence-corrected chi connectivity index (χ3v) is 3.39. The second kappa shape index (κ2) is 7.17. The predicted octanol–water partition coefficient (Wildman–Crippen LogP) is 3.10. The van der Waals surface area contributed by atoms with Crippen molar-refractivity contribution in [2.24, 2.45) is 5.73 Å². The summed E-state index contributed by atoms with van der Waals surface area (Å²) in [5.74, 6) is -0.301. The van der Waals surface area contributed by atoms with Gasteiger partial charge in [0.05, 0.1) is 12.1 Å². The first-order chi connectivity index (χ1) is 10.5. The molecule has 1 heterocycles. The molecule has 118 valence electrons. The van der Waals surface area contributed by atoms with Crippen LogP contribution in [0.25, 0.3) is 0 Å². The van der Waals surface area contributed by atoms with E-state index in [0.29, 0.717) is 5.89 Å². The molecule has 5 nitrogen and oxygen atoms in total. The van der Waals surface area contributed by atoms with Gasteiger partial charge in [-0.3, -0.25) is 4.79 Å². The van der Waals surface area contributed by atoms with Gasteiger partial charge in [-0.1, -0.05) is 25.5 Å². The molecule has 2 rings (SSSR count). The van der Waals surface area contributed by atoms with E-state index in [1.165, 1.54) is 18.4 Å². The zero-order valence-corrected chi connectivity index (χ0v) is 12.7. The number of carbonyl (C=O) groups is 1. The van der Waals surface area contributed by atoms with Gasteiger partial charge in [0.1, 0.15) is 12.1 Å². The third kappa shape index (κ3) is 3.92. The molecule has 22 heavy (non-hydrogen) atoms. The number of rotatable bonds is 6. The molecule has 2 aromatic rings. The minimum absolute atomic E-state index is 0.190. The Balaban J connectivity index is 2.01. The molecule has 0 aliphatic heterocycles. The minimum atomic E-state index is -0.351. The fourth-order valence-electron chi connectivity index (χ4n) is 2.10. The zero-order valence-electron chi connectivity index (χ0n) is 12.7. The minimum Gasteiger partial charge on any atom is -0.446 e. The number of benzene rings is 1. The molecule has 0 saturated heterocycles. The van der Waals surface area contributed by atoms with Crippen LogP contribution in [0.1, 0.15) is 60.7 Å². The van der Waals surface area contributed by atoms with Crippen molar-refractivity contribution in [2.75, 3.05) is 0 Å². The summed E-state index contributed by atoms with van der Waals surface area (Å²) in [5, 5.41) is 2.79. The van der Waals surface area contributed by atoms with Gasteiger partial charge in [0, 0.05) is 0 Å². The van der Waals surface area contributed by atoms with Crippen LogP contribution in [0, 0.1) is 5.82 Å². The van der Waals surface area contributed by atoms with Crippen LogP contribution in [0.3, 0.4) is 0 Å². The number of hydrogen-bond acceptors (Lipinski definition) is 4. The number of nitrogens with two attached hydrogens (primary N) is 1. The monoisotopic (exact) mass is 305 g/mol. The van der Waals surface area contributed by atoms with E-state index >= 15 is 0 Å². The van der Waals surface area contributed by atoms with Crippen molar-refractivity contribution in [1.82, 2.24) is 10.3 Å². The van der Waals surface area contributed by atoms with Crippen LogP contribution in [-0.4, -0.2) is 10.9 Å². The number of halogens is 1. The molecule has 1 amide bonds. The molecular formula is C16H20FN3O2. The Bertz CT molecular complexity index is 625. The summed E-state index contributed by atoms with van der Waals surface area (Å²) in [6.07, 6.45) is 2.96. The fraction of sp³-hybridized carbons (Fsp3) is 0.375. The maximum absolute atomic E-state index is 12.9. The van der Waals surface area contributed by atoms with Crippen molar-refractivity contribution in [3.8, 4) is 0 Å². The Labute approximate surface area is 128 Å². The molecule has 3 N–H and O–H groups in total. The lowest BCUT2D eigenvalue weighted by atomic mass is 10.1. The van der Waals surface area contributed by atoms with Crippen LogP contribution in [0.2, 0.25) is 0 Å². The summed E-state index contributed by atoms with van der Waals surface area (Å²) in [4.78, 5) is 16.3. The van der Waals surface area contributed by atoms with E-state index in [0.717, 1.165) is 18.4 Å². The summed E-state index contributed by atoms with van der Waals surface area (Å²) >= 11 is 0. The summed E-state index contributed by atoms with van der Waals surface area (Å²) in [6.45, 7) is 3.83. The molecule has 0 aliphatic rings. The van der Waals surface area contributed by atoms with E-state index in [-0.39, 0.29) is 29.5 Å². The van der Waals surface area contributed by atoms with E-state index in [9.17, 15) is 9.18 Å². The lowest BCUT2D eigenvalue weighted by Gasteiger charge is -2.13. The highest BCUT2D eigenvalue weighted by molar-refractivity contribution is 5.92. The fourth-order valence-corrected chi connectivity index (χ4v) is 2.10. The summed E-state index contributed by atoms with van der Waals surface area (Å²) in [5.41, 5.74) is 6.90. The second-order valence-corrected chi connectivity index (χ2v) is 5.21. The quantitative estimate of drug-likeness (QED) is 0.859. The van der Waals surface area contributed by atoms with Gasteiger partial charge in [0.25, 0.3) is 5.91 Å². The second-order valence-electron chi connectivity index (χ2n) is 5.21. The van der Waals surface area contributed by atoms with Crippen LogP contribution in [0.4, 0.5) is 4.39 Å². The third-order valence-electron chi connectivity index (χ3n) is 3.39. The number of nitrogens with zero attached hydrogens (tertiary/aromatic N) is 1. The predicted molar refractivity (Wildman–Crippen MR) is 80.6 cm³/mol. The average molecular weight is 305 g/mol. The highest BCUT2D eigenvalue weighted by Gasteiger charge is 2.18. The Morgan fingerprint density at radius 3 is 2.73 bits per heavy atom. The topological polar surface area (TPSA) is 81.1 Å². The maximum atomic E-state index is 12.9. The van der Waals surface area contributed by atoms with Crippen molar-refractivity contribution in [3.63, 3.8) is 0 Å². The van der Waals surface area contributed by atoms with Gasteiger partial charge in [0.2, 0.25) is 5.89 Å². The van der Waals surface area contributed by atoms with Crippen molar-refractivity contribution >= 4 is 5.91 Å². The van der Waals surface area contributed by atoms with Gasteiger partial charge in [-0.25, -0.2) is 9.37 Å². The first kappa shape index (κ1) is 16.2. The molecule has 0 bridgehead atoms. The number of amides is 1. The lowest BCUT2D eigenvalue weighted by Crippen LogP contribution is -2.27. The molecule has 6 heteroatoms. The van der Waals surface area contributed by atoms with Crippen LogP contribution < -0.4 is 11.1 Å². The molecule has 1 aromatic heterocycles. The molecule has 0 fully saturated rings. The van der Waals surface area contributed by atoms with Gasteiger partial charge >= 0.3 is 0 Å². The summed E-state index contributed by atoms with van der Waals surface area (Å²) < 4.78 is 18.2. The number of aromatic nitrogens is 1. The van der Waals surface area contributed by atoms with Crippen molar-refractivity contribution in [1.29, 1.82) is 0 Å². The zero-order chi connectivity index (χ0) is 16.1. The number of nitrogens with one attached hydrogen (secondary N) is 1. The van der Waals surface area contributed by atoms with Gasteiger partial charge in [-0.2, -0.15) is 0 Å². The Hall–Kier alpha value is -2.21. The van der Waals surface area contributed by atoms with Gasteiger partial charge in [0.15, 0.2) is 5.69 Å². The number of carbonyl (C=O) groups excluding carboxylic acids is 1. The Morgan fingerprint density at radius 1 is 1.41 bits per heavy atom. The molecule has 0 radical (unpaired) electrons. The van der Waals surface area contributed by atoms with Crippen molar-refractivity contribution < 1.29 is 13.6 Å². The van der Waals surface area contributed by atoms with Crippen molar-refractivity contribution in [3.05, 3.63) is 53.5 Å². The molecule has 1 aromatic carbocycles. The number of hydrogen-bond donors (Lipinski definition) is 2. The Kier molecular flexibility index (Phi) is 5.27. The van der Waals surface area contributed by atoms with Gasteiger partial charge < -0.3 is 15.5 Å². The summed E-state index contributed by atoms with van der Waals surface area (Å²) in [6, 6.07) is 5.40. The molecule has 0 aliphatic carbocycles. The first-order valence-electron chi connectivity index (χ1n) is 7.28. The molecule has 2 atom stereocenters. The lowest BCUT2D eigenvalue weighted by molar-refractivity contribution is 0.0935. The highest BCUT2D eigenvalue weighted by atomic mass is 19.1. The average Bonchev–Trinajstić information content (AvgIpc) is 2.98. The maximum Gasteiger partial charge on any atom is 0.273 e. The smallest absolute Gasteiger partial charge is 0.273 e. The molecule has 0 saturated carbocycles. The van der Waals surface area contributed by atoms with E-state index < -0.39 is 0 Å². The first-order valence-corrected chi connectivity index (χ1v) is 7.28. The van der Waals surface area contributed by atoms with Crippen LogP contribution >= 0.6 is 0 Å². The van der Waals surface area contributed by atoms with Crippen LogP contribution in [0.15, 0.2) is 34.9 Å². The molecular weight excluding hydrogens is 285 g/mol.